The van der Waals surface area contributed by atoms with Gasteiger partial charge in [0.05, 0.1) is 12.6 Å². The van der Waals surface area contributed by atoms with E-state index in [2.05, 4.69) is 6.58 Å². The summed E-state index contributed by atoms with van der Waals surface area (Å²) in [5.41, 5.74) is 2.10. The van der Waals surface area contributed by atoms with Gasteiger partial charge in [0.1, 0.15) is 0 Å². The molecule has 0 aliphatic carbocycles. The zero-order valence-electron chi connectivity index (χ0n) is 12.5. The third kappa shape index (κ3) is 3.85. The summed E-state index contributed by atoms with van der Waals surface area (Å²) in [6, 6.07) is 7.87. The van der Waals surface area contributed by atoms with Gasteiger partial charge in [0.25, 0.3) is 0 Å². The molecule has 1 amide bonds. The zero-order valence-corrected chi connectivity index (χ0v) is 12.5. The third-order valence-electron chi connectivity index (χ3n) is 3.22. The van der Waals surface area contributed by atoms with Gasteiger partial charge >= 0.3 is 6.09 Å². The van der Waals surface area contributed by atoms with Crippen LogP contribution >= 0.6 is 0 Å². The van der Waals surface area contributed by atoms with E-state index in [4.69, 9.17) is 4.74 Å². The van der Waals surface area contributed by atoms with Crippen molar-refractivity contribution in [3.63, 3.8) is 0 Å². The summed E-state index contributed by atoms with van der Waals surface area (Å²) in [6.45, 7) is 8.21. The van der Waals surface area contributed by atoms with E-state index in [0.29, 0.717) is 12.5 Å². The topological polar surface area (TPSA) is 29.5 Å². The Labute approximate surface area is 126 Å². The van der Waals surface area contributed by atoms with Crippen molar-refractivity contribution in [3.8, 4) is 0 Å². The number of ether oxygens (including phenoxy) is 1. The Morgan fingerprint density at radius 1 is 1.33 bits per heavy atom. The molecule has 0 aromatic heterocycles. The highest BCUT2D eigenvalue weighted by Gasteiger charge is 2.24. The Kier molecular flexibility index (Phi) is 4.99. The van der Waals surface area contributed by atoms with Crippen LogP contribution in [0.4, 0.5) is 4.79 Å². The van der Waals surface area contributed by atoms with Crippen molar-refractivity contribution in [2.24, 2.45) is 5.92 Å². The standard InChI is InChI=1S/C18H21NO2/c1-4-15-8-10-16(11-9-15)17-7-5-6-12-19(17)18(20)21-13-14(2)3/h4-12,14,17H,1,13H2,2-3H3/t17-/m1/s1. The highest BCUT2D eigenvalue weighted by molar-refractivity contribution is 5.70. The van der Waals surface area contributed by atoms with E-state index in [1.165, 1.54) is 0 Å². The lowest BCUT2D eigenvalue weighted by atomic mass is 10.0. The molecular weight excluding hydrogens is 262 g/mol. The second-order valence-electron chi connectivity index (χ2n) is 5.42. The number of carbonyl (C=O) groups excluding carboxylic acids is 1. The van der Waals surface area contributed by atoms with Crippen molar-refractivity contribution >= 4 is 12.2 Å². The molecule has 0 saturated heterocycles. The van der Waals surface area contributed by atoms with Gasteiger partial charge in [0, 0.05) is 6.20 Å². The largest absolute Gasteiger partial charge is 0.449 e. The van der Waals surface area contributed by atoms with E-state index in [0.717, 1.165) is 11.1 Å². The Morgan fingerprint density at radius 2 is 2.05 bits per heavy atom. The first-order chi connectivity index (χ1) is 10.1. The first-order valence-electron chi connectivity index (χ1n) is 7.14. The fraction of sp³-hybridized carbons (Fsp3) is 0.278. The number of carbonyl (C=O) groups is 1. The molecular formula is C18H21NO2. The molecule has 0 N–H and O–H groups in total. The number of amides is 1. The highest BCUT2D eigenvalue weighted by atomic mass is 16.6. The van der Waals surface area contributed by atoms with E-state index < -0.39 is 0 Å². The lowest BCUT2D eigenvalue weighted by Crippen LogP contribution is -2.31. The van der Waals surface area contributed by atoms with E-state index in [1.54, 1.807) is 17.2 Å². The number of allylic oxidation sites excluding steroid dienone is 2. The third-order valence-corrected chi connectivity index (χ3v) is 3.22. The van der Waals surface area contributed by atoms with E-state index in [1.807, 2.05) is 56.3 Å². The van der Waals surface area contributed by atoms with Crippen molar-refractivity contribution in [3.05, 3.63) is 66.4 Å². The molecule has 0 unspecified atom stereocenters. The van der Waals surface area contributed by atoms with Crippen LogP contribution in [0.25, 0.3) is 6.08 Å². The van der Waals surface area contributed by atoms with Crippen molar-refractivity contribution in [1.29, 1.82) is 0 Å². The van der Waals surface area contributed by atoms with Crippen molar-refractivity contribution in [1.82, 2.24) is 4.90 Å². The second kappa shape index (κ2) is 6.93. The predicted molar refractivity (Wildman–Crippen MR) is 85.6 cm³/mol. The molecule has 0 bridgehead atoms. The van der Waals surface area contributed by atoms with Crippen LogP contribution in [-0.4, -0.2) is 17.6 Å². The van der Waals surface area contributed by atoms with Gasteiger partial charge in [0.15, 0.2) is 0 Å². The van der Waals surface area contributed by atoms with Crippen LogP contribution in [-0.2, 0) is 4.74 Å². The van der Waals surface area contributed by atoms with Crippen LogP contribution < -0.4 is 0 Å². The summed E-state index contributed by atoms with van der Waals surface area (Å²) in [6.07, 6.45) is 9.01. The van der Waals surface area contributed by atoms with Gasteiger partial charge in [0.2, 0.25) is 0 Å². The fourth-order valence-corrected chi connectivity index (χ4v) is 2.09. The maximum Gasteiger partial charge on any atom is 0.414 e. The van der Waals surface area contributed by atoms with Crippen LogP contribution in [0.5, 0.6) is 0 Å². The highest BCUT2D eigenvalue weighted by Crippen LogP contribution is 2.26. The zero-order chi connectivity index (χ0) is 15.2. The number of nitrogens with zero attached hydrogens (tertiary/aromatic N) is 1. The predicted octanol–water partition coefficient (Wildman–Crippen LogP) is 4.55. The first kappa shape index (κ1) is 15.1. The van der Waals surface area contributed by atoms with Crippen molar-refractivity contribution < 1.29 is 9.53 Å². The van der Waals surface area contributed by atoms with Gasteiger partial charge in [-0.25, -0.2) is 4.79 Å². The molecule has 2 rings (SSSR count). The molecule has 0 radical (unpaired) electrons. The van der Waals surface area contributed by atoms with Gasteiger partial charge < -0.3 is 4.74 Å². The quantitative estimate of drug-likeness (QED) is 0.811. The summed E-state index contributed by atoms with van der Waals surface area (Å²) in [7, 11) is 0. The monoisotopic (exact) mass is 283 g/mol. The normalized spacial score (nSPS) is 17.1. The average Bonchev–Trinajstić information content (AvgIpc) is 2.52. The molecule has 1 aliphatic rings. The molecule has 1 aromatic rings. The van der Waals surface area contributed by atoms with Crippen LogP contribution in [0, 0.1) is 5.92 Å². The molecule has 110 valence electrons. The summed E-state index contributed by atoms with van der Waals surface area (Å²) >= 11 is 0. The lowest BCUT2D eigenvalue weighted by Gasteiger charge is -2.28. The maximum absolute atomic E-state index is 12.2. The average molecular weight is 283 g/mol. The van der Waals surface area contributed by atoms with Crippen LogP contribution in [0.3, 0.4) is 0 Å². The minimum absolute atomic E-state index is 0.131. The molecule has 0 fully saturated rings. The minimum Gasteiger partial charge on any atom is -0.449 e. The minimum atomic E-state index is -0.318. The molecule has 1 aliphatic heterocycles. The van der Waals surface area contributed by atoms with Crippen molar-refractivity contribution in [2.75, 3.05) is 6.61 Å². The van der Waals surface area contributed by atoms with Gasteiger partial charge in [-0.1, -0.05) is 62.9 Å². The molecule has 1 atom stereocenters. The van der Waals surface area contributed by atoms with Gasteiger partial charge in [-0.2, -0.15) is 0 Å². The summed E-state index contributed by atoms with van der Waals surface area (Å²) in [5, 5.41) is 0. The molecule has 21 heavy (non-hydrogen) atoms. The molecule has 1 aromatic carbocycles. The van der Waals surface area contributed by atoms with Gasteiger partial charge in [-0.3, -0.25) is 4.90 Å². The Morgan fingerprint density at radius 3 is 2.67 bits per heavy atom. The second-order valence-corrected chi connectivity index (χ2v) is 5.42. The van der Waals surface area contributed by atoms with Crippen LogP contribution in [0.2, 0.25) is 0 Å². The molecule has 0 spiro atoms. The van der Waals surface area contributed by atoms with Gasteiger partial charge in [-0.05, 0) is 23.1 Å². The van der Waals surface area contributed by atoms with E-state index >= 15 is 0 Å². The van der Waals surface area contributed by atoms with Crippen LogP contribution in [0.15, 0.2) is 55.3 Å². The summed E-state index contributed by atoms with van der Waals surface area (Å²) in [4.78, 5) is 13.8. The summed E-state index contributed by atoms with van der Waals surface area (Å²) < 4.78 is 5.33. The van der Waals surface area contributed by atoms with E-state index in [9.17, 15) is 4.79 Å². The lowest BCUT2D eigenvalue weighted by molar-refractivity contribution is 0.0988. The number of rotatable bonds is 4. The SMILES string of the molecule is C=Cc1ccc([C@H]2C=CC=CN2C(=O)OCC(C)C)cc1. The molecule has 3 heteroatoms. The van der Waals surface area contributed by atoms with E-state index in [-0.39, 0.29) is 12.1 Å². The number of hydrogen-bond donors (Lipinski definition) is 0. The Balaban J connectivity index is 2.15. The van der Waals surface area contributed by atoms with Crippen LogP contribution in [0.1, 0.15) is 31.0 Å². The van der Waals surface area contributed by atoms with Gasteiger partial charge in [-0.15, -0.1) is 0 Å². The Bertz CT molecular complexity index is 555. The first-order valence-corrected chi connectivity index (χ1v) is 7.14. The number of benzene rings is 1. The molecule has 1 heterocycles. The summed E-state index contributed by atoms with van der Waals surface area (Å²) in [5.74, 6) is 0.323. The number of hydrogen-bond acceptors (Lipinski definition) is 2. The smallest absolute Gasteiger partial charge is 0.414 e. The molecule has 3 nitrogen and oxygen atoms in total. The molecule has 0 saturated carbocycles. The maximum atomic E-state index is 12.2. The Hall–Kier alpha value is -2.29. The fourth-order valence-electron chi connectivity index (χ4n) is 2.09. The van der Waals surface area contributed by atoms with Crippen molar-refractivity contribution in [2.45, 2.75) is 19.9 Å².